The first-order chi connectivity index (χ1) is 11.3. The van der Waals surface area contributed by atoms with Gasteiger partial charge in [0.05, 0.1) is 6.04 Å². The van der Waals surface area contributed by atoms with Gasteiger partial charge < -0.3 is 9.64 Å². The van der Waals surface area contributed by atoms with Gasteiger partial charge in [-0.1, -0.05) is 12.1 Å². The molecule has 6 heteroatoms. The van der Waals surface area contributed by atoms with Crippen LogP contribution in [0.4, 0.5) is 0 Å². The van der Waals surface area contributed by atoms with Crippen LogP contribution in [0.1, 0.15) is 18.9 Å². The fourth-order valence-electron chi connectivity index (χ4n) is 3.21. The van der Waals surface area contributed by atoms with Crippen molar-refractivity contribution in [3.63, 3.8) is 0 Å². The van der Waals surface area contributed by atoms with Crippen molar-refractivity contribution in [3.8, 4) is 5.75 Å². The topological polar surface area (TPSA) is 47.4 Å². The van der Waals surface area contributed by atoms with Gasteiger partial charge in [-0.15, -0.1) is 11.8 Å². The maximum Gasteiger partial charge on any atom is 0.264 e. The summed E-state index contributed by atoms with van der Waals surface area (Å²) in [7, 11) is 0. The Hall–Kier alpha value is -1.95. The predicted molar refractivity (Wildman–Crippen MR) is 88.7 cm³/mol. The number of hydrogen-bond acceptors (Lipinski definition) is 4. The zero-order chi connectivity index (χ0) is 15.6. The Morgan fingerprint density at radius 3 is 3.09 bits per heavy atom. The lowest BCUT2D eigenvalue weighted by Gasteiger charge is -2.36. The van der Waals surface area contributed by atoms with Crippen molar-refractivity contribution in [3.05, 3.63) is 42.7 Å². The molecule has 23 heavy (non-hydrogen) atoms. The summed E-state index contributed by atoms with van der Waals surface area (Å²) in [5.41, 5.74) is 0. The van der Waals surface area contributed by atoms with E-state index >= 15 is 0 Å². The van der Waals surface area contributed by atoms with Crippen molar-refractivity contribution in [2.45, 2.75) is 29.9 Å². The van der Waals surface area contributed by atoms with Gasteiger partial charge in [0.15, 0.2) is 6.10 Å². The predicted octanol–water partition coefficient (Wildman–Crippen LogP) is 2.60. The standard InChI is InChI=1S/C17H19N3O2S/c21-17(15-12-23-16-7-2-1-6-14(16)22-15)19-9-3-5-13(11-19)20-10-4-8-18-20/h1-2,4,6-8,10,13,15H,3,5,9,11-12H2. The smallest absolute Gasteiger partial charge is 0.264 e. The Kier molecular flexibility index (Phi) is 3.99. The SMILES string of the molecule is O=C(C1CSc2ccccc2O1)N1CCCC(n2cccn2)C1. The summed E-state index contributed by atoms with van der Waals surface area (Å²) in [6, 6.07) is 10.1. The molecule has 0 aliphatic carbocycles. The number of carbonyl (C=O) groups is 1. The average Bonchev–Trinajstić information content (AvgIpc) is 3.15. The van der Waals surface area contributed by atoms with Gasteiger partial charge in [0.2, 0.25) is 0 Å². The molecule has 4 rings (SSSR count). The van der Waals surface area contributed by atoms with Crippen molar-refractivity contribution in [1.82, 2.24) is 14.7 Å². The summed E-state index contributed by atoms with van der Waals surface area (Å²) in [6.45, 7) is 1.52. The van der Waals surface area contributed by atoms with Crippen LogP contribution in [0.3, 0.4) is 0 Å². The van der Waals surface area contributed by atoms with Crippen molar-refractivity contribution < 1.29 is 9.53 Å². The van der Waals surface area contributed by atoms with Crippen molar-refractivity contribution >= 4 is 17.7 Å². The maximum absolute atomic E-state index is 12.8. The highest BCUT2D eigenvalue weighted by molar-refractivity contribution is 7.99. The zero-order valence-corrected chi connectivity index (χ0v) is 13.6. The van der Waals surface area contributed by atoms with Crippen molar-refractivity contribution in [1.29, 1.82) is 0 Å². The van der Waals surface area contributed by atoms with E-state index in [1.165, 1.54) is 0 Å². The third-order valence-electron chi connectivity index (χ3n) is 4.39. The molecule has 5 nitrogen and oxygen atoms in total. The van der Waals surface area contributed by atoms with E-state index < -0.39 is 0 Å². The molecule has 0 radical (unpaired) electrons. The van der Waals surface area contributed by atoms with Gasteiger partial charge in [-0.25, -0.2) is 0 Å². The van der Waals surface area contributed by atoms with E-state index in [4.69, 9.17) is 4.74 Å². The summed E-state index contributed by atoms with van der Waals surface area (Å²) in [5.74, 6) is 1.60. The lowest BCUT2D eigenvalue weighted by molar-refractivity contribution is -0.139. The van der Waals surface area contributed by atoms with Crippen LogP contribution in [0.5, 0.6) is 5.75 Å². The number of nitrogens with zero attached hydrogens (tertiary/aromatic N) is 3. The van der Waals surface area contributed by atoms with E-state index in [0.717, 1.165) is 30.0 Å². The van der Waals surface area contributed by atoms with Crippen LogP contribution in [-0.2, 0) is 4.79 Å². The minimum atomic E-state index is -0.383. The van der Waals surface area contributed by atoms with Crippen LogP contribution in [0, 0.1) is 0 Å². The molecule has 1 aromatic carbocycles. The van der Waals surface area contributed by atoms with E-state index in [1.807, 2.05) is 46.1 Å². The molecule has 2 atom stereocenters. The lowest BCUT2D eigenvalue weighted by atomic mass is 10.1. The number of carbonyl (C=O) groups excluding carboxylic acids is 1. The molecule has 1 aromatic heterocycles. The molecule has 2 aliphatic heterocycles. The normalized spacial score (nSPS) is 23.9. The minimum absolute atomic E-state index is 0.101. The van der Waals surface area contributed by atoms with E-state index in [0.29, 0.717) is 12.3 Å². The molecule has 0 saturated carbocycles. The second-order valence-corrected chi connectivity index (χ2v) is 6.99. The number of ether oxygens (including phenoxy) is 1. The number of aromatic nitrogens is 2. The van der Waals surface area contributed by atoms with Crippen LogP contribution in [0.25, 0.3) is 0 Å². The van der Waals surface area contributed by atoms with Crippen LogP contribution < -0.4 is 4.74 Å². The quantitative estimate of drug-likeness (QED) is 0.850. The average molecular weight is 329 g/mol. The second kappa shape index (κ2) is 6.28. The molecule has 0 bridgehead atoms. The number of thioether (sulfide) groups is 1. The molecule has 0 N–H and O–H groups in total. The number of piperidine rings is 1. The molecular weight excluding hydrogens is 310 g/mol. The first-order valence-electron chi connectivity index (χ1n) is 7.97. The summed E-state index contributed by atoms with van der Waals surface area (Å²) >= 11 is 1.70. The van der Waals surface area contributed by atoms with Gasteiger partial charge >= 0.3 is 0 Å². The highest BCUT2D eigenvalue weighted by Gasteiger charge is 2.33. The molecule has 120 valence electrons. The highest BCUT2D eigenvalue weighted by Crippen LogP contribution is 2.35. The Morgan fingerprint density at radius 2 is 2.22 bits per heavy atom. The van der Waals surface area contributed by atoms with Gasteiger partial charge in [0, 0.05) is 36.1 Å². The van der Waals surface area contributed by atoms with Gasteiger partial charge in [0.1, 0.15) is 5.75 Å². The summed E-state index contributed by atoms with van der Waals surface area (Å²) in [4.78, 5) is 15.9. The van der Waals surface area contributed by atoms with Gasteiger partial charge in [-0.2, -0.15) is 5.10 Å². The largest absolute Gasteiger partial charge is 0.479 e. The minimum Gasteiger partial charge on any atom is -0.479 e. The van der Waals surface area contributed by atoms with Crippen LogP contribution >= 0.6 is 11.8 Å². The molecule has 1 fully saturated rings. The summed E-state index contributed by atoms with van der Waals surface area (Å²) in [5, 5.41) is 4.32. The van der Waals surface area contributed by atoms with Gasteiger partial charge in [0.25, 0.3) is 5.91 Å². The molecule has 2 unspecified atom stereocenters. The number of para-hydroxylation sites is 1. The summed E-state index contributed by atoms with van der Waals surface area (Å²) < 4.78 is 7.90. The Balaban J connectivity index is 1.45. The van der Waals surface area contributed by atoms with Crippen molar-refractivity contribution in [2.75, 3.05) is 18.8 Å². The molecule has 1 amide bonds. The van der Waals surface area contributed by atoms with Crippen LogP contribution in [0.2, 0.25) is 0 Å². The van der Waals surface area contributed by atoms with Crippen molar-refractivity contribution in [2.24, 2.45) is 0 Å². The molecule has 2 aliphatic rings. The van der Waals surface area contributed by atoms with Crippen LogP contribution in [-0.4, -0.2) is 45.5 Å². The lowest BCUT2D eigenvalue weighted by Crippen LogP contribution is -2.48. The monoisotopic (exact) mass is 329 g/mol. The fourth-order valence-corrected chi connectivity index (χ4v) is 4.19. The Labute approximate surface area is 139 Å². The third kappa shape index (κ3) is 2.95. The van der Waals surface area contributed by atoms with Gasteiger partial charge in [-0.05, 0) is 31.0 Å². The van der Waals surface area contributed by atoms with E-state index in [1.54, 1.807) is 18.0 Å². The van der Waals surface area contributed by atoms with E-state index in [-0.39, 0.29) is 18.1 Å². The molecule has 2 aromatic rings. The number of fused-ring (bicyclic) bond motifs is 1. The van der Waals surface area contributed by atoms with Gasteiger partial charge in [-0.3, -0.25) is 9.48 Å². The maximum atomic E-state index is 12.8. The Morgan fingerprint density at radius 1 is 1.30 bits per heavy atom. The fraction of sp³-hybridized carbons (Fsp3) is 0.412. The number of benzene rings is 1. The third-order valence-corrected chi connectivity index (χ3v) is 5.51. The first kappa shape index (κ1) is 14.6. The second-order valence-electron chi connectivity index (χ2n) is 5.93. The number of rotatable bonds is 2. The van der Waals surface area contributed by atoms with E-state index in [9.17, 15) is 4.79 Å². The zero-order valence-electron chi connectivity index (χ0n) is 12.8. The Bertz CT molecular complexity index is 689. The molecule has 0 spiro atoms. The highest BCUT2D eigenvalue weighted by atomic mass is 32.2. The number of amides is 1. The molecule has 3 heterocycles. The molecular formula is C17H19N3O2S. The summed E-state index contributed by atoms with van der Waals surface area (Å²) in [6.07, 6.45) is 5.45. The number of likely N-dealkylation sites (tertiary alicyclic amines) is 1. The number of hydrogen-bond donors (Lipinski definition) is 0. The molecule has 1 saturated heterocycles. The van der Waals surface area contributed by atoms with Crippen LogP contribution in [0.15, 0.2) is 47.6 Å². The first-order valence-corrected chi connectivity index (χ1v) is 8.96. The van der Waals surface area contributed by atoms with E-state index in [2.05, 4.69) is 5.10 Å².